The first kappa shape index (κ1) is 26.4. The summed E-state index contributed by atoms with van der Waals surface area (Å²) in [5.41, 5.74) is -1.45. The van der Waals surface area contributed by atoms with Crippen LogP contribution in [0, 0.1) is 17.8 Å². The maximum atomic E-state index is 14.1. The lowest BCUT2D eigenvalue weighted by molar-refractivity contribution is -0.161. The Morgan fingerprint density at radius 2 is 1.92 bits per heavy atom. The van der Waals surface area contributed by atoms with Gasteiger partial charge in [-0.05, 0) is 62.8 Å². The second-order valence-corrected chi connectivity index (χ2v) is 10.5. The summed E-state index contributed by atoms with van der Waals surface area (Å²) in [5.74, 6) is -1.96. The number of carbonyl (C=O) groups is 3. The Bertz CT molecular complexity index is 996. The number of fused-ring (bicyclic) bond motifs is 1. The molecule has 2 N–H and O–H groups in total. The molecular formula is C27H38N2O7. The highest BCUT2D eigenvalue weighted by atomic mass is 16.6. The minimum atomic E-state index is -1.16. The molecule has 3 fully saturated rings. The summed E-state index contributed by atoms with van der Waals surface area (Å²) >= 11 is 0. The number of ether oxygens (including phenoxy) is 3. The number of nitrogens with one attached hydrogen (secondary N) is 1. The van der Waals surface area contributed by atoms with E-state index < -0.39 is 47.0 Å². The monoisotopic (exact) mass is 502 g/mol. The first-order valence-electron chi connectivity index (χ1n) is 12.9. The Morgan fingerprint density at radius 1 is 1.22 bits per heavy atom. The number of hydrogen-bond donors (Lipinski definition) is 2. The minimum Gasteiger partial charge on any atom is -0.497 e. The lowest BCUT2D eigenvalue weighted by atomic mass is 9.65. The van der Waals surface area contributed by atoms with Crippen LogP contribution in [0.3, 0.4) is 0 Å². The number of rotatable bonds is 10. The molecule has 1 aromatic carbocycles. The number of amides is 2. The predicted molar refractivity (Wildman–Crippen MR) is 132 cm³/mol. The first-order chi connectivity index (χ1) is 17.2. The molecule has 198 valence electrons. The van der Waals surface area contributed by atoms with Crippen LogP contribution in [0.2, 0.25) is 0 Å². The zero-order valence-corrected chi connectivity index (χ0v) is 21.8. The zero-order valence-electron chi connectivity index (χ0n) is 21.8. The summed E-state index contributed by atoms with van der Waals surface area (Å²) in [6.07, 6.45) is 2.08. The van der Waals surface area contributed by atoms with Crippen LogP contribution in [0.25, 0.3) is 0 Å². The zero-order chi connectivity index (χ0) is 26.3. The number of aliphatic hydroxyl groups excluding tert-OH is 1. The molecule has 6 atom stereocenters. The van der Waals surface area contributed by atoms with Crippen LogP contribution in [0.5, 0.6) is 5.75 Å². The molecule has 2 bridgehead atoms. The summed E-state index contributed by atoms with van der Waals surface area (Å²) in [6.45, 7) is 7.59. The second-order valence-electron chi connectivity index (χ2n) is 10.5. The van der Waals surface area contributed by atoms with Crippen LogP contribution in [0.15, 0.2) is 24.3 Å². The van der Waals surface area contributed by atoms with Crippen LogP contribution < -0.4 is 10.1 Å². The van der Waals surface area contributed by atoms with E-state index in [1.807, 2.05) is 20.8 Å². The molecule has 9 nitrogen and oxygen atoms in total. The number of aliphatic hydroxyl groups is 1. The summed E-state index contributed by atoms with van der Waals surface area (Å²) in [4.78, 5) is 42.8. The van der Waals surface area contributed by atoms with Crippen molar-refractivity contribution in [1.82, 2.24) is 4.90 Å². The number of esters is 1. The highest BCUT2D eigenvalue weighted by molar-refractivity contribution is 6.03. The smallest absolute Gasteiger partial charge is 0.312 e. The van der Waals surface area contributed by atoms with Crippen molar-refractivity contribution in [2.24, 2.45) is 17.8 Å². The number of likely N-dealkylation sites (tertiary alicyclic amines) is 1. The lowest BCUT2D eigenvalue weighted by Gasteiger charge is -2.37. The van der Waals surface area contributed by atoms with Gasteiger partial charge in [0.1, 0.15) is 23.3 Å². The molecule has 0 radical (unpaired) electrons. The normalized spacial score (nSPS) is 31.5. The molecule has 2 amide bonds. The van der Waals surface area contributed by atoms with Gasteiger partial charge in [-0.2, -0.15) is 0 Å². The molecule has 0 aliphatic carbocycles. The SMILES string of the molecule is CCOC(=O)[C@H]1[C@H]2C(=O)N([C@@H](CO)CC(C)C)C(C(=O)Nc3ccc(OC)cc3)C23CC[C@]1(CC)O3. The van der Waals surface area contributed by atoms with E-state index in [4.69, 9.17) is 14.2 Å². The largest absolute Gasteiger partial charge is 0.497 e. The van der Waals surface area contributed by atoms with Crippen molar-refractivity contribution in [3.8, 4) is 5.75 Å². The summed E-state index contributed by atoms with van der Waals surface area (Å²) in [6, 6.07) is 5.38. The van der Waals surface area contributed by atoms with Crippen LogP contribution in [-0.4, -0.2) is 71.4 Å². The molecule has 3 aliphatic rings. The highest BCUT2D eigenvalue weighted by Gasteiger charge is 2.79. The fourth-order valence-electron chi connectivity index (χ4n) is 6.64. The predicted octanol–water partition coefficient (Wildman–Crippen LogP) is 2.76. The molecule has 0 saturated carbocycles. The minimum absolute atomic E-state index is 0.179. The van der Waals surface area contributed by atoms with Gasteiger partial charge in [0.25, 0.3) is 0 Å². The van der Waals surface area contributed by atoms with E-state index in [1.54, 1.807) is 38.3 Å². The molecule has 36 heavy (non-hydrogen) atoms. The summed E-state index contributed by atoms with van der Waals surface area (Å²) in [7, 11) is 1.57. The van der Waals surface area contributed by atoms with Crippen LogP contribution in [0.4, 0.5) is 5.69 Å². The lowest BCUT2D eigenvalue weighted by Crippen LogP contribution is -2.56. The molecular weight excluding hydrogens is 464 g/mol. The number of carbonyl (C=O) groups excluding carboxylic acids is 3. The standard InChI is InChI=1S/C27H38N2O7/c1-6-26-12-13-27(36-26)20(21(26)25(33)35-7-2)24(32)29(18(15-30)14-16(3)4)22(27)23(31)28-17-8-10-19(34-5)11-9-17/h8-11,16,18,20-22,30H,6-7,12-15H2,1-5H3,(H,28,31)/t18-,20+,21-,22?,26+,27?/m1/s1. The van der Waals surface area contributed by atoms with Gasteiger partial charge in [-0.25, -0.2) is 0 Å². The van der Waals surface area contributed by atoms with Crippen molar-refractivity contribution in [2.75, 3.05) is 25.6 Å². The third-order valence-corrected chi connectivity index (χ3v) is 8.11. The summed E-state index contributed by atoms with van der Waals surface area (Å²) < 4.78 is 17.3. The Hall–Kier alpha value is -2.65. The van der Waals surface area contributed by atoms with Crippen molar-refractivity contribution >= 4 is 23.5 Å². The van der Waals surface area contributed by atoms with Gasteiger partial charge >= 0.3 is 5.97 Å². The van der Waals surface area contributed by atoms with Gasteiger partial charge in [0.15, 0.2) is 0 Å². The average Bonchev–Trinajstić information content (AvgIpc) is 3.46. The van der Waals surface area contributed by atoms with Crippen molar-refractivity contribution in [3.63, 3.8) is 0 Å². The maximum absolute atomic E-state index is 14.1. The molecule has 1 aromatic rings. The van der Waals surface area contributed by atoms with E-state index in [1.165, 1.54) is 4.90 Å². The number of methoxy groups -OCH3 is 1. The Labute approximate surface area is 212 Å². The van der Waals surface area contributed by atoms with Crippen molar-refractivity contribution in [3.05, 3.63) is 24.3 Å². The van der Waals surface area contributed by atoms with Crippen LogP contribution in [-0.2, 0) is 23.9 Å². The molecule has 3 aliphatic heterocycles. The van der Waals surface area contributed by atoms with E-state index >= 15 is 0 Å². The second kappa shape index (κ2) is 10.0. The summed E-state index contributed by atoms with van der Waals surface area (Å²) in [5, 5.41) is 13.3. The third-order valence-electron chi connectivity index (χ3n) is 8.11. The van der Waals surface area contributed by atoms with Gasteiger partial charge in [-0.15, -0.1) is 0 Å². The maximum Gasteiger partial charge on any atom is 0.312 e. The molecule has 9 heteroatoms. The number of nitrogens with zero attached hydrogens (tertiary/aromatic N) is 1. The van der Waals surface area contributed by atoms with Gasteiger partial charge in [0, 0.05) is 5.69 Å². The van der Waals surface area contributed by atoms with Crippen molar-refractivity contribution < 1.29 is 33.7 Å². The fraction of sp³-hybridized carbons (Fsp3) is 0.667. The molecule has 0 aromatic heterocycles. The van der Waals surface area contributed by atoms with E-state index in [0.717, 1.165) is 0 Å². The van der Waals surface area contributed by atoms with Gasteiger partial charge in [-0.3, -0.25) is 14.4 Å². The topological polar surface area (TPSA) is 114 Å². The molecule has 3 saturated heterocycles. The quantitative estimate of drug-likeness (QED) is 0.473. The Balaban J connectivity index is 1.77. The average molecular weight is 503 g/mol. The fourth-order valence-corrected chi connectivity index (χ4v) is 6.64. The highest BCUT2D eigenvalue weighted by Crippen LogP contribution is 2.64. The Morgan fingerprint density at radius 3 is 2.47 bits per heavy atom. The van der Waals surface area contributed by atoms with Crippen LogP contribution in [0.1, 0.15) is 53.4 Å². The molecule has 1 spiro atoms. The third kappa shape index (κ3) is 4.06. The van der Waals surface area contributed by atoms with Gasteiger partial charge in [-0.1, -0.05) is 20.8 Å². The van der Waals surface area contributed by atoms with E-state index in [9.17, 15) is 19.5 Å². The molecule has 3 heterocycles. The number of hydrogen-bond acceptors (Lipinski definition) is 7. The van der Waals surface area contributed by atoms with E-state index in [2.05, 4.69) is 5.32 Å². The van der Waals surface area contributed by atoms with Gasteiger partial charge in [0.05, 0.1) is 37.9 Å². The number of anilines is 1. The first-order valence-corrected chi connectivity index (χ1v) is 12.9. The van der Waals surface area contributed by atoms with Crippen molar-refractivity contribution in [2.45, 2.75) is 76.7 Å². The molecule has 4 rings (SSSR count). The van der Waals surface area contributed by atoms with Gasteiger partial charge < -0.3 is 29.5 Å². The van der Waals surface area contributed by atoms with E-state index in [-0.39, 0.29) is 25.0 Å². The van der Waals surface area contributed by atoms with Crippen LogP contribution >= 0.6 is 0 Å². The van der Waals surface area contributed by atoms with Crippen molar-refractivity contribution in [1.29, 1.82) is 0 Å². The van der Waals surface area contributed by atoms with E-state index in [0.29, 0.717) is 37.1 Å². The van der Waals surface area contributed by atoms with Gasteiger partial charge in [0.2, 0.25) is 11.8 Å². The number of benzene rings is 1. The Kier molecular flexibility index (Phi) is 7.35. The molecule has 2 unspecified atom stereocenters.